The van der Waals surface area contributed by atoms with Crippen LogP contribution in [0.1, 0.15) is 39.5 Å². The molecule has 1 aliphatic heterocycles. The summed E-state index contributed by atoms with van der Waals surface area (Å²) >= 11 is 2.48. The van der Waals surface area contributed by atoms with Crippen LogP contribution >= 0.6 is 23.5 Å². The molecule has 12 heteroatoms. The fraction of sp³-hybridized carbons (Fsp3) is 0.833. The molecule has 0 aromatic rings. The van der Waals surface area contributed by atoms with Crippen molar-refractivity contribution in [2.75, 3.05) is 23.0 Å². The van der Waals surface area contributed by atoms with Crippen molar-refractivity contribution in [2.45, 2.75) is 39.5 Å². The fourth-order valence-electron chi connectivity index (χ4n) is 1.43. The summed E-state index contributed by atoms with van der Waals surface area (Å²) < 4.78 is 55.9. The van der Waals surface area contributed by atoms with Crippen LogP contribution in [0.2, 0.25) is 0 Å². The molecule has 0 atom stereocenters. The van der Waals surface area contributed by atoms with Crippen LogP contribution in [0.5, 0.6) is 0 Å². The van der Waals surface area contributed by atoms with Gasteiger partial charge in [-0.05, 0) is 12.8 Å². The van der Waals surface area contributed by atoms with Gasteiger partial charge in [0.1, 0.15) is 0 Å². The van der Waals surface area contributed by atoms with E-state index >= 15 is 0 Å². The van der Waals surface area contributed by atoms with Crippen molar-refractivity contribution in [1.29, 1.82) is 0 Å². The zero-order chi connectivity index (χ0) is 18.1. The second kappa shape index (κ2) is 10.5. The monoisotopic (exact) mass is 418 g/mol. The molecule has 0 N–H and O–H groups in total. The summed E-state index contributed by atoms with van der Waals surface area (Å²) in [6.07, 6.45) is 2.41. The molecule has 0 spiro atoms. The normalized spacial score (nSPS) is 19.6. The Morgan fingerprint density at radius 2 is 1.21 bits per heavy atom. The molecule has 0 amide bonds. The molecule has 0 saturated carbocycles. The highest BCUT2D eigenvalue weighted by Crippen LogP contribution is 2.23. The van der Waals surface area contributed by atoms with Crippen molar-refractivity contribution >= 4 is 53.8 Å². The highest BCUT2D eigenvalue weighted by molar-refractivity contribution is 8.27. The quantitative estimate of drug-likeness (QED) is 0.497. The molecule has 140 valence electrons. The number of rotatable bonds is 10. The minimum absolute atomic E-state index is 0.119. The van der Waals surface area contributed by atoms with Gasteiger partial charge in [-0.2, -0.15) is 16.8 Å². The van der Waals surface area contributed by atoms with Gasteiger partial charge in [-0.1, -0.05) is 60.5 Å². The lowest BCUT2D eigenvalue weighted by Gasteiger charge is -2.13. The molecule has 0 radical (unpaired) electrons. The van der Waals surface area contributed by atoms with Crippen LogP contribution in [0, 0.1) is 0 Å². The third-order valence-corrected chi connectivity index (χ3v) is 7.17. The maximum atomic E-state index is 11.7. The van der Waals surface area contributed by atoms with Crippen molar-refractivity contribution in [2.24, 2.45) is 10.3 Å². The van der Waals surface area contributed by atoms with Crippen molar-refractivity contribution in [1.82, 2.24) is 0 Å². The average molecular weight is 419 g/mol. The number of unbranched alkanes of at least 4 members (excludes halogenated alkanes) is 2. The van der Waals surface area contributed by atoms with E-state index in [9.17, 15) is 16.8 Å². The summed E-state index contributed by atoms with van der Waals surface area (Å²) in [5.74, 6) is 1.13. The maximum Gasteiger partial charge on any atom is 0.328 e. The highest BCUT2D eigenvalue weighted by Gasteiger charge is 2.22. The third-order valence-electron chi connectivity index (χ3n) is 2.71. The minimum atomic E-state index is -3.75. The lowest BCUT2D eigenvalue weighted by atomic mass is 10.4. The largest absolute Gasteiger partial charge is 0.328 e. The first-order valence-corrected chi connectivity index (χ1v) is 12.7. The van der Waals surface area contributed by atoms with Crippen molar-refractivity contribution in [3.8, 4) is 0 Å². The molecule has 0 aromatic heterocycles. The van der Waals surface area contributed by atoms with Gasteiger partial charge in [-0.15, -0.1) is 0 Å². The molecule has 1 aliphatic rings. The Balaban J connectivity index is 2.77. The van der Waals surface area contributed by atoms with Crippen molar-refractivity contribution in [3.05, 3.63) is 0 Å². The van der Waals surface area contributed by atoms with Gasteiger partial charge in [0.2, 0.25) is 0 Å². The van der Waals surface area contributed by atoms with E-state index in [0.717, 1.165) is 12.8 Å². The van der Waals surface area contributed by atoms with Crippen LogP contribution in [0.4, 0.5) is 0 Å². The summed E-state index contributed by atoms with van der Waals surface area (Å²) in [6.45, 7) is 3.74. The van der Waals surface area contributed by atoms with Crippen LogP contribution < -0.4 is 0 Å². The number of thioether (sulfide) groups is 2. The molecular formula is C12H22N2O6S4. The summed E-state index contributed by atoms with van der Waals surface area (Å²) in [5.41, 5.74) is 0. The van der Waals surface area contributed by atoms with E-state index in [1.54, 1.807) is 0 Å². The van der Waals surface area contributed by atoms with Crippen LogP contribution in [0.25, 0.3) is 0 Å². The Morgan fingerprint density at radius 3 is 1.54 bits per heavy atom. The molecule has 1 heterocycles. The van der Waals surface area contributed by atoms with E-state index in [4.69, 9.17) is 0 Å². The Kier molecular flexibility index (Phi) is 9.45. The Hall–Kier alpha value is -0.460. The zero-order valence-corrected chi connectivity index (χ0v) is 16.9. The third kappa shape index (κ3) is 8.58. The Bertz CT molecular complexity index is 599. The second-order valence-electron chi connectivity index (χ2n) is 4.87. The van der Waals surface area contributed by atoms with Gasteiger partial charge in [-0.25, -0.2) is 0 Å². The van der Waals surface area contributed by atoms with Gasteiger partial charge in [0.05, 0.1) is 11.5 Å². The van der Waals surface area contributed by atoms with E-state index in [0.29, 0.717) is 24.3 Å². The van der Waals surface area contributed by atoms with Gasteiger partial charge >= 0.3 is 20.2 Å². The van der Waals surface area contributed by atoms with Crippen LogP contribution in [-0.4, -0.2) is 49.9 Å². The zero-order valence-electron chi connectivity index (χ0n) is 13.6. The summed E-state index contributed by atoms with van der Waals surface area (Å²) in [5, 5.41) is 7.65. The predicted molar refractivity (Wildman–Crippen MR) is 99.3 cm³/mol. The lowest BCUT2D eigenvalue weighted by Crippen LogP contribution is -2.18. The Morgan fingerprint density at radius 1 is 0.833 bits per heavy atom. The summed E-state index contributed by atoms with van der Waals surface area (Å²) in [6, 6.07) is 0. The van der Waals surface area contributed by atoms with Gasteiger partial charge in [-0.3, -0.25) is 8.57 Å². The minimum Gasteiger partial charge on any atom is -0.267 e. The summed E-state index contributed by atoms with van der Waals surface area (Å²) in [7, 11) is -7.49. The van der Waals surface area contributed by atoms with E-state index in [-0.39, 0.29) is 21.6 Å². The predicted octanol–water partition coefficient (Wildman–Crippen LogP) is 2.39. The molecule has 0 aromatic carbocycles. The first-order valence-electron chi connectivity index (χ1n) is 7.54. The van der Waals surface area contributed by atoms with Crippen molar-refractivity contribution in [3.63, 3.8) is 0 Å². The first kappa shape index (κ1) is 21.6. The maximum absolute atomic E-state index is 11.7. The van der Waals surface area contributed by atoms with Crippen LogP contribution in [0.15, 0.2) is 10.3 Å². The average Bonchev–Trinajstić information content (AvgIpc) is 2.55. The number of oxime groups is 2. The molecule has 0 aliphatic carbocycles. The SMILES string of the molecule is CCCCS(=O)(=O)ON=C1SCCSC1=NOS(=O)(=O)CCCC. The van der Waals surface area contributed by atoms with Gasteiger partial charge in [0.15, 0.2) is 10.1 Å². The van der Waals surface area contributed by atoms with Crippen LogP contribution in [0.3, 0.4) is 0 Å². The van der Waals surface area contributed by atoms with E-state index in [1.165, 1.54) is 23.5 Å². The Labute approximate surface area is 152 Å². The molecule has 1 rings (SSSR count). The van der Waals surface area contributed by atoms with Crippen molar-refractivity contribution < 1.29 is 25.4 Å². The molecule has 8 nitrogen and oxygen atoms in total. The summed E-state index contributed by atoms with van der Waals surface area (Å²) in [4.78, 5) is 0. The van der Waals surface area contributed by atoms with E-state index in [2.05, 4.69) is 18.9 Å². The number of hydrogen-bond donors (Lipinski definition) is 0. The fourth-order valence-corrected chi connectivity index (χ4v) is 5.24. The second-order valence-corrected chi connectivity index (χ2v) is 10.4. The molecule has 24 heavy (non-hydrogen) atoms. The standard InChI is InChI=1S/C12H22N2O6S4/c1-3-5-9-23(15,16)19-13-11-12(22-8-7-21-11)14-20-24(17,18)10-6-4-2/h3-10H2,1-2H3. The smallest absolute Gasteiger partial charge is 0.267 e. The van der Waals surface area contributed by atoms with Crippen LogP contribution in [-0.2, 0) is 28.8 Å². The molecule has 1 fully saturated rings. The van der Waals surface area contributed by atoms with E-state index < -0.39 is 20.2 Å². The first-order chi connectivity index (χ1) is 11.3. The molecule has 0 bridgehead atoms. The molecule has 0 unspecified atom stereocenters. The number of nitrogens with zero attached hydrogens (tertiary/aromatic N) is 2. The lowest BCUT2D eigenvalue weighted by molar-refractivity contribution is 0.335. The topological polar surface area (TPSA) is 111 Å². The molecular weight excluding hydrogens is 396 g/mol. The van der Waals surface area contributed by atoms with Gasteiger partial charge in [0, 0.05) is 11.5 Å². The number of hydrogen-bond acceptors (Lipinski definition) is 10. The molecule has 1 saturated heterocycles. The highest BCUT2D eigenvalue weighted by atomic mass is 32.2. The van der Waals surface area contributed by atoms with Gasteiger partial charge < -0.3 is 0 Å². The van der Waals surface area contributed by atoms with E-state index in [1.807, 2.05) is 13.8 Å². The van der Waals surface area contributed by atoms with Gasteiger partial charge in [0.25, 0.3) is 0 Å².